The number of carbonyl (C=O) groups excluding carboxylic acids is 2. The van der Waals surface area contributed by atoms with Crippen LogP contribution in [0.1, 0.15) is 92.9 Å². The summed E-state index contributed by atoms with van der Waals surface area (Å²) in [7, 11) is 3.71. The molecule has 0 radical (unpaired) electrons. The number of amides is 2. The fourth-order valence-corrected chi connectivity index (χ4v) is 4.65. The predicted molar refractivity (Wildman–Crippen MR) is 139 cm³/mol. The lowest BCUT2D eigenvalue weighted by Gasteiger charge is -2.39. The number of hydrogen-bond acceptors (Lipinski definition) is 5. The lowest BCUT2D eigenvalue weighted by molar-refractivity contribution is -0.149. The van der Waals surface area contributed by atoms with Crippen molar-refractivity contribution in [2.24, 2.45) is 11.8 Å². The van der Waals surface area contributed by atoms with E-state index in [0.29, 0.717) is 6.61 Å². The van der Waals surface area contributed by atoms with E-state index in [1.54, 1.807) is 7.11 Å². The first-order valence-electron chi connectivity index (χ1n) is 13.6. The maximum Gasteiger partial charge on any atom is 0.247 e. The summed E-state index contributed by atoms with van der Waals surface area (Å²) >= 11 is 0. The molecule has 0 bridgehead atoms. The second-order valence-electron chi connectivity index (χ2n) is 10.5. The van der Waals surface area contributed by atoms with Crippen molar-refractivity contribution in [2.45, 2.75) is 117 Å². The van der Waals surface area contributed by atoms with Crippen LogP contribution >= 0.6 is 0 Å². The Morgan fingerprint density at radius 2 is 1.82 bits per heavy atom. The van der Waals surface area contributed by atoms with Gasteiger partial charge in [-0.2, -0.15) is 0 Å². The topological polar surface area (TPSA) is 71.1 Å². The van der Waals surface area contributed by atoms with Crippen LogP contribution in [0, 0.1) is 11.8 Å². The van der Waals surface area contributed by atoms with Crippen molar-refractivity contribution in [1.29, 1.82) is 0 Å². The van der Waals surface area contributed by atoms with E-state index in [4.69, 9.17) is 9.47 Å². The van der Waals surface area contributed by atoms with E-state index < -0.39 is 6.04 Å². The summed E-state index contributed by atoms with van der Waals surface area (Å²) in [5.74, 6) is 0.189. The van der Waals surface area contributed by atoms with Crippen LogP contribution in [-0.2, 0) is 19.1 Å². The summed E-state index contributed by atoms with van der Waals surface area (Å²) in [4.78, 5) is 31.3. The average molecular weight is 484 g/mol. The molecule has 3 unspecified atom stereocenters. The molecule has 1 saturated heterocycles. The van der Waals surface area contributed by atoms with Crippen LogP contribution in [0.25, 0.3) is 0 Å². The van der Waals surface area contributed by atoms with Gasteiger partial charge in [0.2, 0.25) is 11.8 Å². The normalized spacial score (nSPS) is 20.6. The number of nitrogens with zero attached hydrogens (tertiary/aromatic N) is 2. The highest BCUT2D eigenvalue weighted by atomic mass is 16.5. The molecule has 5 atom stereocenters. The van der Waals surface area contributed by atoms with Gasteiger partial charge in [0.15, 0.2) is 0 Å². The van der Waals surface area contributed by atoms with Gasteiger partial charge in [-0.3, -0.25) is 14.5 Å². The Balaban J connectivity index is 3.12. The van der Waals surface area contributed by atoms with E-state index >= 15 is 0 Å². The molecule has 1 aliphatic heterocycles. The van der Waals surface area contributed by atoms with Crippen LogP contribution in [0.5, 0.6) is 0 Å². The standard InChI is InChI=1S/C27H53N3O4/c1-9-11-14-17-34-19-30(24(20(3)4)18-22(6)33-8)27(32)25(21(5)10-2)28-26(31)23-15-12-13-16-29(23)7/h20-25H,9-19H2,1-8H3,(H,28,31)/t21?,22-,23?,24+,25?/m0/s1. The van der Waals surface area contributed by atoms with Crippen molar-refractivity contribution in [1.82, 2.24) is 15.1 Å². The number of piperidine rings is 1. The minimum Gasteiger partial charge on any atom is -0.382 e. The fourth-order valence-electron chi connectivity index (χ4n) is 4.65. The van der Waals surface area contributed by atoms with Gasteiger partial charge in [-0.15, -0.1) is 0 Å². The molecule has 0 aromatic heterocycles. The molecule has 7 heteroatoms. The zero-order valence-electron chi connectivity index (χ0n) is 23.3. The second kappa shape index (κ2) is 16.5. The van der Waals surface area contributed by atoms with Crippen LogP contribution in [0.2, 0.25) is 0 Å². The highest BCUT2D eigenvalue weighted by molar-refractivity contribution is 5.90. The highest BCUT2D eigenvalue weighted by Crippen LogP contribution is 2.23. The summed E-state index contributed by atoms with van der Waals surface area (Å²) in [6.07, 6.45) is 7.79. The second-order valence-corrected chi connectivity index (χ2v) is 10.5. The zero-order chi connectivity index (χ0) is 25.7. The lowest BCUT2D eigenvalue weighted by atomic mass is 9.92. The SMILES string of the molecule is CCCCCOCN(C(=O)C(NC(=O)C1CCCCN1C)C(C)CC)[C@H](C[C@H](C)OC)C(C)C. The van der Waals surface area contributed by atoms with Gasteiger partial charge in [-0.05, 0) is 58.0 Å². The van der Waals surface area contributed by atoms with E-state index in [1.165, 1.54) is 0 Å². The number of likely N-dealkylation sites (tertiary alicyclic amines) is 1. The Kier molecular flexibility index (Phi) is 15.0. The molecule has 1 rings (SSSR count). The molecule has 0 aromatic rings. The van der Waals surface area contributed by atoms with Crippen LogP contribution in [0.3, 0.4) is 0 Å². The smallest absolute Gasteiger partial charge is 0.247 e. The maximum atomic E-state index is 14.1. The van der Waals surface area contributed by atoms with Crippen molar-refractivity contribution < 1.29 is 19.1 Å². The Morgan fingerprint density at radius 3 is 2.38 bits per heavy atom. The van der Waals surface area contributed by atoms with Crippen molar-refractivity contribution in [3.05, 3.63) is 0 Å². The summed E-state index contributed by atoms with van der Waals surface area (Å²) < 4.78 is 11.6. The monoisotopic (exact) mass is 483 g/mol. The Hall–Kier alpha value is -1.18. The first-order valence-corrected chi connectivity index (χ1v) is 13.6. The Bertz CT molecular complexity index is 586. The van der Waals surface area contributed by atoms with Gasteiger partial charge in [0.25, 0.3) is 0 Å². The molecular formula is C27H53N3O4. The minimum atomic E-state index is -0.564. The van der Waals surface area contributed by atoms with E-state index in [1.807, 2.05) is 18.9 Å². The molecule has 0 saturated carbocycles. The van der Waals surface area contributed by atoms with Gasteiger partial charge >= 0.3 is 0 Å². The molecule has 0 aliphatic carbocycles. The van der Waals surface area contributed by atoms with Gasteiger partial charge in [0.1, 0.15) is 12.8 Å². The van der Waals surface area contributed by atoms with Gasteiger partial charge in [-0.25, -0.2) is 0 Å². The van der Waals surface area contributed by atoms with E-state index in [0.717, 1.165) is 57.9 Å². The molecule has 34 heavy (non-hydrogen) atoms. The third-order valence-electron chi connectivity index (χ3n) is 7.40. The van der Waals surface area contributed by atoms with Crippen LogP contribution in [0.4, 0.5) is 0 Å². The van der Waals surface area contributed by atoms with E-state index in [2.05, 4.69) is 44.8 Å². The molecule has 1 N–H and O–H groups in total. The number of rotatable bonds is 16. The van der Waals surface area contributed by atoms with Gasteiger partial charge in [-0.1, -0.05) is 60.3 Å². The van der Waals surface area contributed by atoms with E-state index in [9.17, 15) is 9.59 Å². The van der Waals surface area contributed by atoms with Gasteiger partial charge < -0.3 is 19.7 Å². The highest BCUT2D eigenvalue weighted by Gasteiger charge is 2.37. The van der Waals surface area contributed by atoms with Crippen molar-refractivity contribution >= 4 is 11.8 Å². The average Bonchev–Trinajstić information content (AvgIpc) is 2.82. The van der Waals surface area contributed by atoms with Crippen LogP contribution in [-0.4, -0.2) is 79.9 Å². The number of carbonyl (C=O) groups is 2. The Labute approximate surface area is 209 Å². The third-order valence-corrected chi connectivity index (χ3v) is 7.40. The quantitative estimate of drug-likeness (QED) is 0.259. The minimum absolute atomic E-state index is 0.0234. The van der Waals surface area contributed by atoms with Crippen molar-refractivity contribution in [3.8, 4) is 0 Å². The van der Waals surface area contributed by atoms with Crippen LogP contribution in [0.15, 0.2) is 0 Å². The Morgan fingerprint density at radius 1 is 1.12 bits per heavy atom. The number of ether oxygens (including phenoxy) is 2. The van der Waals surface area contributed by atoms with Gasteiger partial charge in [0, 0.05) is 19.8 Å². The first-order chi connectivity index (χ1) is 16.2. The first kappa shape index (κ1) is 30.9. The van der Waals surface area contributed by atoms with Crippen molar-refractivity contribution in [2.75, 3.05) is 34.0 Å². The number of likely N-dealkylation sites (N-methyl/N-ethyl adjacent to an activating group) is 1. The number of methoxy groups -OCH3 is 1. The largest absolute Gasteiger partial charge is 0.382 e. The molecule has 0 aromatic carbocycles. The predicted octanol–water partition coefficient (Wildman–Crippen LogP) is 4.44. The van der Waals surface area contributed by atoms with Gasteiger partial charge in [0.05, 0.1) is 12.1 Å². The van der Waals surface area contributed by atoms with Crippen LogP contribution < -0.4 is 5.32 Å². The molecule has 200 valence electrons. The molecule has 7 nitrogen and oxygen atoms in total. The molecular weight excluding hydrogens is 430 g/mol. The lowest BCUT2D eigenvalue weighted by Crippen LogP contribution is -2.59. The van der Waals surface area contributed by atoms with E-state index in [-0.39, 0.29) is 48.6 Å². The zero-order valence-corrected chi connectivity index (χ0v) is 23.3. The summed E-state index contributed by atoms with van der Waals surface area (Å²) in [5, 5.41) is 3.16. The number of hydrogen-bond donors (Lipinski definition) is 1. The third kappa shape index (κ3) is 9.82. The fraction of sp³-hybridized carbons (Fsp3) is 0.926. The number of unbranched alkanes of at least 4 members (excludes halogenated alkanes) is 2. The molecule has 1 heterocycles. The summed E-state index contributed by atoms with van der Waals surface area (Å²) in [6.45, 7) is 14.4. The molecule has 1 aliphatic rings. The molecule has 2 amide bonds. The molecule has 0 spiro atoms. The summed E-state index contributed by atoms with van der Waals surface area (Å²) in [6, 6.07) is -0.762. The van der Waals surface area contributed by atoms with Crippen molar-refractivity contribution in [3.63, 3.8) is 0 Å². The maximum absolute atomic E-state index is 14.1. The molecule has 1 fully saturated rings. The number of nitrogens with one attached hydrogen (secondary N) is 1. The summed E-state index contributed by atoms with van der Waals surface area (Å²) in [5.41, 5.74) is 0.